The fraction of sp³-hybridized carbons (Fsp3) is 0.650. The van der Waals surface area contributed by atoms with Gasteiger partial charge in [0.1, 0.15) is 5.25 Å². The number of carbonyl (C=O) groups is 1. The summed E-state index contributed by atoms with van der Waals surface area (Å²) in [6.45, 7) is 4.30. The van der Waals surface area contributed by atoms with Gasteiger partial charge in [-0.2, -0.15) is 0 Å². The van der Waals surface area contributed by atoms with Crippen LogP contribution in [0.2, 0.25) is 0 Å². The van der Waals surface area contributed by atoms with Crippen LogP contribution in [-0.2, 0) is 19.4 Å². The van der Waals surface area contributed by atoms with Gasteiger partial charge in [-0.05, 0) is 44.7 Å². The van der Waals surface area contributed by atoms with Gasteiger partial charge in [0.05, 0.1) is 16.6 Å². The number of hydrogen-bond acceptors (Lipinski definition) is 5. The largest absolute Gasteiger partial charge is 0.381 e. The number of para-hydroxylation sites is 2. The highest BCUT2D eigenvalue weighted by Crippen LogP contribution is 2.29. The van der Waals surface area contributed by atoms with Crippen LogP contribution in [-0.4, -0.2) is 51.1 Å². The SMILES string of the molecule is C[C@@H](C(=O)Nc1ccccc1N1CCCCCC1)S(=O)(=O)C1CCOCC1. The van der Waals surface area contributed by atoms with Crippen molar-refractivity contribution < 1.29 is 17.9 Å². The number of ether oxygens (including phenoxy) is 1. The summed E-state index contributed by atoms with van der Waals surface area (Å²) >= 11 is 0. The number of rotatable bonds is 5. The van der Waals surface area contributed by atoms with Gasteiger partial charge in [0.2, 0.25) is 5.91 Å². The van der Waals surface area contributed by atoms with Gasteiger partial charge in [0, 0.05) is 26.3 Å². The van der Waals surface area contributed by atoms with E-state index in [0.29, 0.717) is 31.7 Å². The second-order valence-electron chi connectivity index (χ2n) is 7.45. The van der Waals surface area contributed by atoms with Crippen LogP contribution in [0.25, 0.3) is 0 Å². The molecule has 0 radical (unpaired) electrons. The molecule has 2 aliphatic rings. The zero-order valence-corrected chi connectivity index (χ0v) is 16.8. The minimum Gasteiger partial charge on any atom is -0.381 e. The first-order valence-corrected chi connectivity index (χ1v) is 11.6. The molecule has 0 saturated carbocycles. The van der Waals surface area contributed by atoms with E-state index in [1.54, 1.807) is 0 Å². The van der Waals surface area contributed by atoms with Gasteiger partial charge < -0.3 is 15.0 Å². The maximum atomic E-state index is 12.8. The summed E-state index contributed by atoms with van der Waals surface area (Å²) in [6.07, 6.45) is 5.65. The molecule has 3 rings (SSSR count). The number of hydrogen-bond donors (Lipinski definition) is 1. The smallest absolute Gasteiger partial charge is 0.242 e. The zero-order chi connectivity index (χ0) is 19.3. The van der Waals surface area contributed by atoms with Crippen LogP contribution in [0.15, 0.2) is 24.3 Å². The lowest BCUT2D eigenvalue weighted by Crippen LogP contribution is -2.41. The third-order valence-corrected chi connectivity index (χ3v) is 8.20. The molecule has 1 aromatic carbocycles. The van der Waals surface area contributed by atoms with Crippen LogP contribution in [0.3, 0.4) is 0 Å². The van der Waals surface area contributed by atoms with Gasteiger partial charge in [-0.1, -0.05) is 25.0 Å². The molecule has 2 heterocycles. The highest BCUT2D eigenvalue weighted by molar-refractivity contribution is 7.93. The summed E-state index contributed by atoms with van der Waals surface area (Å²) < 4.78 is 30.9. The lowest BCUT2D eigenvalue weighted by atomic mass is 10.2. The van der Waals surface area contributed by atoms with Crippen molar-refractivity contribution >= 4 is 27.1 Å². The monoisotopic (exact) mass is 394 g/mol. The summed E-state index contributed by atoms with van der Waals surface area (Å²) in [7, 11) is -3.53. The standard InChI is InChI=1S/C20H30N2O4S/c1-16(27(24,25)17-10-14-26-15-11-17)20(23)21-18-8-4-5-9-19(18)22-12-6-2-3-7-13-22/h4-5,8-9,16-17H,2-3,6-7,10-15H2,1H3,(H,21,23)/t16-/m0/s1. The van der Waals surface area contributed by atoms with E-state index in [2.05, 4.69) is 10.2 Å². The van der Waals surface area contributed by atoms with E-state index in [9.17, 15) is 13.2 Å². The number of sulfone groups is 1. The fourth-order valence-electron chi connectivity index (χ4n) is 3.84. The van der Waals surface area contributed by atoms with E-state index in [-0.39, 0.29) is 0 Å². The minimum absolute atomic E-state index is 0.441. The summed E-state index contributed by atoms with van der Waals surface area (Å²) in [5, 5.41) is 1.32. The maximum absolute atomic E-state index is 12.8. The van der Waals surface area contributed by atoms with Crippen molar-refractivity contribution in [1.29, 1.82) is 0 Å². The average Bonchev–Trinajstić information content (AvgIpc) is 2.98. The number of nitrogens with one attached hydrogen (secondary N) is 1. The van der Waals surface area contributed by atoms with Crippen LogP contribution in [0.1, 0.15) is 45.4 Å². The molecule has 2 saturated heterocycles. The summed E-state index contributed by atoms with van der Waals surface area (Å²) in [5.41, 5.74) is 1.67. The van der Waals surface area contributed by atoms with Crippen molar-refractivity contribution in [3.05, 3.63) is 24.3 Å². The van der Waals surface area contributed by atoms with Crippen molar-refractivity contribution in [1.82, 2.24) is 0 Å². The predicted octanol–water partition coefficient (Wildman–Crippen LogP) is 2.99. The van der Waals surface area contributed by atoms with Gasteiger partial charge >= 0.3 is 0 Å². The Morgan fingerprint density at radius 3 is 2.41 bits per heavy atom. The number of benzene rings is 1. The Bertz CT molecular complexity index is 736. The Balaban J connectivity index is 1.73. The van der Waals surface area contributed by atoms with Crippen LogP contribution in [0, 0.1) is 0 Å². The molecule has 27 heavy (non-hydrogen) atoms. The molecule has 7 heteroatoms. The average molecular weight is 395 g/mol. The molecule has 0 aliphatic carbocycles. The molecule has 1 N–H and O–H groups in total. The van der Waals surface area contributed by atoms with Gasteiger partial charge in [-0.25, -0.2) is 8.42 Å². The van der Waals surface area contributed by atoms with Gasteiger partial charge in [0.15, 0.2) is 9.84 Å². The van der Waals surface area contributed by atoms with Crippen LogP contribution in [0.5, 0.6) is 0 Å². The van der Waals surface area contributed by atoms with Crippen molar-refractivity contribution in [2.45, 2.75) is 55.9 Å². The number of anilines is 2. The van der Waals surface area contributed by atoms with Crippen LogP contribution < -0.4 is 10.2 Å². The molecule has 2 fully saturated rings. The molecule has 0 spiro atoms. The molecule has 1 atom stereocenters. The third kappa shape index (κ3) is 4.82. The number of nitrogens with zero attached hydrogens (tertiary/aromatic N) is 1. The molecular weight excluding hydrogens is 364 g/mol. The first-order valence-electron chi connectivity index (χ1n) is 9.95. The summed E-state index contributed by atoms with van der Waals surface area (Å²) in [6, 6.07) is 7.68. The Morgan fingerprint density at radius 2 is 1.74 bits per heavy atom. The molecule has 0 bridgehead atoms. The predicted molar refractivity (Wildman–Crippen MR) is 108 cm³/mol. The van der Waals surface area contributed by atoms with Gasteiger partial charge in [0.25, 0.3) is 0 Å². The fourth-order valence-corrected chi connectivity index (χ4v) is 5.63. The Morgan fingerprint density at radius 1 is 1.11 bits per heavy atom. The van der Waals surface area contributed by atoms with E-state index in [1.165, 1.54) is 19.8 Å². The lowest BCUT2D eigenvalue weighted by molar-refractivity contribution is -0.115. The molecule has 0 aromatic heterocycles. The summed E-state index contributed by atoms with van der Waals surface area (Å²) in [5.74, 6) is -0.455. The maximum Gasteiger partial charge on any atom is 0.242 e. The summed E-state index contributed by atoms with van der Waals surface area (Å²) in [4.78, 5) is 15.1. The second-order valence-corrected chi connectivity index (χ2v) is 10.0. The first kappa shape index (κ1) is 20.1. The minimum atomic E-state index is -3.53. The van der Waals surface area contributed by atoms with Crippen molar-refractivity contribution in [2.24, 2.45) is 0 Å². The topological polar surface area (TPSA) is 75.7 Å². The van der Waals surface area contributed by atoms with Crippen molar-refractivity contribution in [2.75, 3.05) is 36.5 Å². The molecule has 6 nitrogen and oxygen atoms in total. The van der Waals surface area contributed by atoms with Crippen LogP contribution >= 0.6 is 0 Å². The third-order valence-electron chi connectivity index (χ3n) is 5.60. The highest BCUT2D eigenvalue weighted by atomic mass is 32.2. The van der Waals surface area contributed by atoms with Crippen molar-refractivity contribution in [3.63, 3.8) is 0 Å². The molecule has 1 amide bonds. The van der Waals surface area contributed by atoms with E-state index < -0.39 is 26.2 Å². The van der Waals surface area contributed by atoms with Crippen molar-refractivity contribution in [3.8, 4) is 0 Å². The second kappa shape index (κ2) is 9.06. The Labute approximate surface area is 162 Å². The number of carbonyl (C=O) groups excluding carboxylic acids is 1. The zero-order valence-electron chi connectivity index (χ0n) is 16.0. The lowest BCUT2D eigenvalue weighted by Gasteiger charge is -2.27. The molecule has 150 valence electrons. The van der Waals surface area contributed by atoms with Gasteiger partial charge in [-0.15, -0.1) is 0 Å². The molecule has 2 aliphatic heterocycles. The quantitative estimate of drug-likeness (QED) is 0.831. The molecular formula is C20H30N2O4S. The Hall–Kier alpha value is -1.60. The van der Waals surface area contributed by atoms with E-state index in [0.717, 1.165) is 31.6 Å². The first-order chi connectivity index (χ1) is 13.0. The normalized spacial score (nSPS) is 20.7. The Kier molecular flexibility index (Phi) is 6.76. The molecule has 0 unspecified atom stereocenters. The highest BCUT2D eigenvalue weighted by Gasteiger charge is 2.36. The van der Waals surface area contributed by atoms with Gasteiger partial charge in [-0.3, -0.25) is 4.79 Å². The van der Waals surface area contributed by atoms with E-state index >= 15 is 0 Å². The number of amides is 1. The van der Waals surface area contributed by atoms with E-state index in [1.807, 2.05) is 24.3 Å². The van der Waals surface area contributed by atoms with E-state index in [4.69, 9.17) is 4.74 Å². The van der Waals surface area contributed by atoms with Crippen LogP contribution in [0.4, 0.5) is 11.4 Å². The molecule has 1 aromatic rings.